The molecule has 0 aromatic carbocycles. The van der Waals surface area contributed by atoms with Gasteiger partial charge in [0.1, 0.15) is 17.2 Å². The molecule has 0 atom stereocenters. The maximum atomic E-state index is 11.8. The number of anilines is 3. The Bertz CT molecular complexity index is 1130. The van der Waals surface area contributed by atoms with E-state index in [-0.39, 0.29) is 11.7 Å². The zero-order valence-corrected chi connectivity index (χ0v) is 19.2. The summed E-state index contributed by atoms with van der Waals surface area (Å²) in [5, 5.41) is 13.6. The van der Waals surface area contributed by atoms with Gasteiger partial charge in [-0.25, -0.2) is 14.8 Å². The maximum Gasteiger partial charge on any atom is 0.352 e. The summed E-state index contributed by atoms with van der Waals surface area (Å²) < 4.78 is 1.88. The summed E-state index contributed by atoms with van der Waals surface area (Å²) >= 11 is 0. The lowest BCUT2D eigenvalue weighted by Crippen LogP contribution is -2.42. The molecule has 1 aliphatic carbocycles. The van der Waals surface area contributed by atoms with Crippen LogP contribution in [0.3, 0.4) is 0 Å². The number of rotatable bonds is 6. The molecule has 0 bridgehead atoms. The Morgan fingerprint density at radius 2 is 1.85 bits per heavy atom. The van der Waals surface area contributed by atoms with Crippen LogP contribution in [0.25, 0.3) is 11.0 Å². The van der Waals surface area contributed by atoms with E-state index in [0.29, 0.717) is 23.5 Å². The third kappa shape index (κ3) is 4.37. The van der Waals surface area contributed by atoms with E-state index in [2.05, 4.69) is 50.2 Å². The number of hydrogen-bond acceptors (Lipinski definition) is 7. The predicted octanol–water partition coefficient (Wildman–Crippen LogP) is 3.91. The quantitative estimate of drug-likeness (QED) is 0.584. The van der Waals surface area contributed by atoms with Gasteiger partial charge in [0.2, 0.25) is 5.95 Å². The van der Waals surface area contributed by atoms with Gasteiger partial charge in [0.15, 0.2) is 0 Å². The molecule has 2 fully saturated rings. The van der Waals surface area contributed by atoms with Crippen LogP contribution < -0.4 is 10.2 Å². The van der Waals surface area contributed by atoms with Crippen molar-refractivity contribution in [2.24, 2.45) is 0 Å². The first kappa shape index (κ1) is 21.6. The molecule has 0 spiro atoms. The van der Waals surface area contributed by atoms with Crippen LogP contribution in [-0.2, 0) is 0 Å². The van der Waals surface area contributed by atoms with Crippen LogP contribution in [0.1, 0.15) is 55.1 Å². The van der Waals surface area contributed by atoms with E-state index in [1.807, 2.05) is 16.8 Å². The molecule has 4 heterocycles. The number of aromatic nitrogens is 4. The summed E-state index contributed by atoms with van der Waals surface area (Å²) in [4.78, 5) is 30.2. The van der Waals surface area contributed by atoms with Gasteiger partial charge >= 0.3 is 5.97 Å². The van der Waals surface area contributed by atoms with E-state index in [1.54, 1.807) is 12.3 Å². The number of piperidine rings is 1. The minimum atomic E-state index is -0.929. The summed E-state index contributed by atoms with van der Waals surface area (Å²) in [5.74, 6) is 0.156. The van der Waals surface area contributed by atoms with Crippen molar-refractivity contribution in [2.75, 3.05) is 37.4 Å². The van der Waals surface area contributed by atoms with E-state index >= 15 is 0 Å². The fraction of sp³-hybridized carbons (Fsp3) is 0.500. The second kappa shape index (κ2) is 8.97. The number of hydrogen-bond donors (Lipinski definition) is 2. The van der Waals surface area contributed by atoms with Gasteiger partial charge in [-0.3, -0.25) is 0 Å². The molecule has 0 amide bonds. The summed E-state index contributed by atoms with van der Waals surface area (Å²) in [6.07, 6.45) is 10.1. The van der Waals surface area contributed by atoms with E-state index in [0.717, 1.165) is 62.7 Å². The first-order valence-electron chi connectivity index (χ1n) is 11.8. The standard InChI is InChI=1S/C24H31N7O2/c1-29(2)17-9-11-30(12-10-17)19-7-8-21(25-15-19)27-24-26-14-16-13-20(23(32)33)31(22(16)28-24)18-5-3-4-6-18/h7-8,13-15,17-18H,3-6,9-12H2,1-2H3,(H,32,33)(H,25,26,27,28). The molecule has 9 heteroatoms. The van der Waals surface area contributed by atoms with Crippen molar-refractivity contribution < 1.29 is 9.90 Å². The number of fused-ring (bicyclic) bond motifs is 1. The highest BCUT2D eigenvalue weighted by Gasteiger charge is 2.26. The average Bonchev–Trinajstić information content (AvgIpc) is 3.47. The average molecular weight is 450 g/mol. The third-order valence-electron chi connectivity index (χ3n) is 7.03. The molecule has 1 saturated carbocycles. The highest BCUT2D eigenvalue weighted by atomic mass is 16.4. The molecule has 2 aliphatic rings. The number of pyridine rings is 1. The van der Waals surface area contributed by atoms with Gasteiger partial charge in [0, 0.05) is 36.8 Å². The fourth-order valence-corrected chi connectivity index (χ4v) is 5.17. The molecule has 0 unspecified atom stereocenters. The summed E-state index contributed by atoms with van der Waals surface area (Å²) in [6.45, 7) is 2.06. The van der Waals surface area contributed by atoms with Gasteiger partial charge in [0.05, 0.1) is 11.9 Å². The third-order valence-corrected chi connectivity index (χ3v) is 7.03. The molecular weight excluding hydrogens is 418 g/mol. The highest BCUT2D eigenvalue weighted by Crippen LogP contribution is 2.34. The molecule has 3 aromatic rings. The van der Waals surface area contributed by atoms with Gasteiger partial charge in [-0.2, -0.15) is 4.98 Å². The van der Waals surface area contributed by atoms with Crippen LogP contribution in [0, 0.1) is 0 Å². The summed E-state index contributed by atoms with van der Waals surface area (Å²) in [5.41, 5.74) is 2.07. The van der Waals surface area contributed by atoms with E-state index in [9.17, 15) is 9.90 Å². The monoisotopic (exact) mass is 449 g/mol. The molecule has 5 rings (SSSR count). The minimum absolute atomic E-state index is 0.172. The minimum Gasteiger partial charge on any atom is -0.477 e. The van der Waals surface area contributed by atoms with Gasteiger partial charge < -0.3 is 24.8 Å². The van der Waals surface area contributed by atoms with Gasteiger partial charge in [-0.15, -0.1) is 0 Å². The lowest BCUT2D eigenvalue weighted by molar-refractivity contribution is 0.0683. The predicted molar refractivity (Wildman–Crippen MR) is 128 cm³/mol. The Morgan fingerprint density at radius 3 is 2.48 bits per heavy atom. The molecule has 1 aliphatic heterocycles. The molecule has 0 radical (unpaired) electrons. The van der Waals surface area contributed by atoms with E-state index < -0.39 is 5.97 Å². The SMILES string of the molecule is CN(C)C1CCN(c2ccc(Nc3ncc4cc(C(=O)O)n(C5CCCC5)c4n3)nc2)CC1. The molecule has 174 valence electrons. The molecule has 33 heavy (non-hydrogen) atoms. The van der Waals surface area contributed by atoms with Crippen LogP contribution in [-0.4, -0.2) is 68.7 Å². The van der Waals surface area contributed by atoms with Gasteiger partial charge in [-0.1, -0.05) is 12.8 Å². The summed E-state index contributed by atoms with van der Waals surface area (Å²) in [6, 6.07) is 6.51. The maximum absolute atomic E-state index is 11.8. The first-order valence-corrected chi connectivity index (χ1v) is 11.8. The van der Waals surface area contributed by atoms with E-state index in [4.69, 9.17) is 0 Å². The van der Waals surface area contributed by atoms with Crippen molar-refractivity contribution in [1.29, 1.82) is 0 Å². The number of nitrogens with zero attached hydrogens (tertiary/aromatic N) is 6. The molecule has 3 aromatic heterocycles. The van der Waals surface area contributed by atoms with Crippen molar-refractivity contribution in [3.8, 4) is 0 Å². The normalized spacial score (nSPS) is 17.8. The van der Waals surface area contributed by atoms with Crippen molar-refractivity contribution in [1.82, 2.24) is 24.4 Å². The second-order valence-corrected chi connectivity index (χ2v) is 9.32. The molecule has 2 N–H and O–H groups in total. The van der Waals surface area contributed by atoms with Crippen molar-refractivity contribution in [3.05, 3.63) is 36.3 Å². The Balaban J connectivity index is 1.34. The number of carbonyl (C=O) groups is 1. The molecule has 9 nitrogen and oxygen atoms in total. The first-order chi connectivity index (χ1) is 16.0. The van der Waals surface area contributed by atoms with Gasteiger partial charge in [0.25, 0.3) is 0 Å². The topological polar surface area (TPSA) is 99.4 Å². The second-order valence-electron chi connectivity index (χ2n) is 9.32. The highest BCUT2D eigenvalue weighted by molar-refractivity contribution is 5.93. The number of nitrogens with one attached hydrogen (secondary N) is 1. The Hall–Kier alpha value is -3.20. The molecule has 1 saturated heterocycles. The van der Waals surface area contributed by atoms with Crippen molar-refractivity contribution in [3.63, 3.8) is 0 Å². The van der Waals surface area contributed by atoms with E-state index in [1.165, 1.54) is 0 Å². The lowest BCUT2D eigenvalue weighted by Gasteiger charge is -2.36. The Kier molecular flexibility index (Phi) is 5.88. The van der Waals surface area contributed by atoms with Crippen LogP contribution in [0.4, 0.5) is 17.5 Å². The van der Waals surface area contributed by atoms with Crippen molar-refractivity contribution >= 4 is 34.5 Å². The zero-order chi connectivity index (χ0) is 22.9. The van der Waals surface area contributed by atoms with Crippen LogP contribution in [0.2, 0.25) is 0 Å². The Labute approximate surface area is 193 Å². The van der Waals surface area contributed by atoms with Crippen LogP contribution in [0.5, 0.6) is 0 Å². The van der Waals surface area contributed by atoms with Gasteiger partial charge in [-0.05, 0) is 58.0 Å². The van der Waals surface area contributed by atoms with Crippen LogP contribution in [0.15, 0.2) is 30.6 Å². The Morgan fingerprint density at radius 1 is 1.09 bits per heavy atom. The lowest BCUT2D eigenvalue weighted by atomic mass is 10.0. The number of carboxylic acid groups (broad SMARTS) is 1. The van der Waals surface area contributed by atoms with Crippen LogP contribution >= 0.6 is 0 Å². The number of carboxylic acids is 1. The molecular formula is C24H31N7O2. The number of aromatic carboxylic acids is 1. The fourth-order valence-electron chi connectivity index (χ4n) is 5.17. The largest absolute Gasteiger partial charge is 0.477 e. The summed E-state index contributed by atoms with van der Waals surface area (Å²) in [7, 11) is 4.30. The zero-order valence-electron chi connectivity index (χ0n) is 19.2. The van der Waals surface area contributed by atoms with Crippen molar-refractivity contribution in [2.45, 2.75) is 50.6 Å². The smallest absolute Gasteiger partial charge is 0.352 e.